The number of benzene rings is 3. The van der Waals surface area contributed by atoms with Crippen molar-refractivity contribution in [2.75, 3.05) is 44.5 Å². The second-order valence-corrected chi connectivity index (χ2v) is 16.3. The Morgan fingerprint density at radius 1 is 1.00 bits per heavy atom. The van der Waals surface area contributed by atoms with Crippen molar-refractivity contribution >= 4 is 58.6 Å². The summed E-state index contributed by atoms with van der Waals surface area (Å²) in [6.07, 6.45) is 3.32. The van der Waals surface area contributed by atoms with E-state index in [1.807, 2.05) is 0 Å². The number of anilines is 1. The Hall–Kier alpha value is -4.76. The molecule has 300 valence electrons. The van der Waals surface area contributed by atoms with Crippen LogP contribution in [0.2, 0.25) is 10.0 Å². The van der Waals surface area contributed by atoms with Gasteiger partial charge in [-0.3, -0.25) is 14.6 Å². The highest BCUT2D eigenvalue weighted by molar-refractivity contribution is 8.00. The smallest absolute Gasteiger partial charge is 0.415 e. The molecule has 4 aromatic rings. The number of fused-ring (bicyclic) bond motifs is 3. The van der Waals surface area contributed by atoms with Gasteiger partial charge in [-0.1, -0.05) is 53.5 Å². The second kappa shape index (κ2) is 17.4. The van der Waals surface area contributed by atoms with Crippen LogP contribution in [0.3, 0.4) is 0 Å². The molecule has 1 aromatic heterocycles. The van der Waals surface area contributed by atoms with E-state index >= 15 is 4.39 Å². The summed E-state index contributed by atoms with van der Waals surface area (Å²) in [5, 5.41) is 22.0. The van der Waals surface area contributed by atoms with Gasteiger partial charge < -0.3 is 29.4 Å². The summed E-state index contributed by atoms with van der Waals surface area (Å²) in [5.74, 6) is -1.79. The predicted octanol–water partition coefficient (Wildman–Crippen LogP) is 7.02. The van der Waals surface area contributed by atoms with Gasteiger partial charge in [0.1, 0.15) is 28.0 Å². The molecule has 0 aliphatic carbocycles. The van der Waals surface area contributed by atoms with E-state index in [1.165, 1.54) is 66.4 Å². The minimum absolute atomic E-state index is 0.0287. The minimum atomic E-state index is -1.21. The zero-order chi connectivity index (χ0) is 40.4. The molecule has 4 aliphatic rings. The molecule has 4 fully saturated rings. The van der Waals surface area contributed by atoms with Gasteiger partial charge in [0.05, 0.1) is 31.8 Å². The minimum Gasteiger partial charge on any atom is -0.619 e. The number of thioether (sulfide) groups is 1. The van der Waals surface area contributed by atoms with Gasteiger partial charge in [0.25, 0.3) is 5.91 Å². The van der Waals surface area contributed by atoms with Gasteiger partial charge in [0.2, 0.25) is 0 Å². The number of aromatic nitrogens is 1. The maximum Gasteiger partial charge on any atom is 0.415 e. The summed E-state index contributed by atoms with van der Waals surface area (Å²) in [5.41, 5.74) is 1.81. The zero-order valence-corrected chi connectivity index (χ0v) is 33.5. The highest BCUT2D eigenvalue weighted by Gasteiger charge is 2.46. The van der Waals surface area contributed by atoms with Crippen LogP contribution in [0.1, 0.15) is 45.8 Å². The Kier molecular flexibility index (Phi) is 12.3. The zero-order valence-electron chi connectivity index (χ0n) is 31.2. The molecule has 16 heteroatoms. The third-order valence-electron chi connectivity index (χ3n) is 10.9. The van der Waals surface area contributed by atoms with Crippen LogP contribution >= 0.6 is 35.0 Å². The number of amides is 2. The molecule has 2 bridgehead atoms. The lowest BCUT2D eigenvalue weighted by atomic mass is 9.86. The molecule has 12 nitrogen and oxygen atoms in total. The second-order valence-electron chi connectivity index (χ2n) is 14.3. The molecule has 4 atom stereocenters. The summed E-state index contributed by atoms with van der Waals surface area (Å²) >= 11 is 14.4. The number of carboxylic acids is 1. The van der Waals surface area contributed by atoms with Crippen LogP contribution in [-0.4, -0.2) is 90.0 Å². The monoisotopic (exact) mass is 838 g/mol. The topological polar surface area (TPSA) is 136 Å². The summed E-state index contributed by atoms with van der Waals surface area (Å²) in [4.78, 5) is 46.2. The Labute approximate surface area is 343 Å². The van der Waals surface area contributed by atoms with E-state index in [2.05, 4.69) is 4.90 Å². The molecular formula is C41H41Cl2FN4O8S. The molecule has 0 spiro atoms. The number of hydrogen-bond donors (Lipinski definition) is 1. The highest BCUT2D eigenvalue weighted by atomic mass is 35.5. The number of halogens is 3. The standard InChI is InChI=1S/C41H41Cl2FN4O8S/c1-54-35-11-10-26(17-36(35)55-2)28(18-29-30(42)20-46(53)21-31(29)43)39-48(34(23-57-39)40(50)51)38(49)27-7-5-6-24(16-27)19-47(33-9-4-3-8-32(33)44)41(52)56-37-22-45-14-12-25(37)13-15-45/h3-11,16-17,20-21,25,28,34,37,39H,12-15,18-19,22-23H2,1-2H3,(H,50,51)/t28-,34-,37-,39?/m0/s1. The van der Waals surface area contributed by atoms with Crippen LogP contribution in [0.15, 0.2) is 79.1 Å². The first-order valence-corrected chi connectivity index (χ1v) is 20.3. The summed E-state index contributed by atoms with van der Waals surface area (Å²) in [6.45, 7) is 2.41. The maximum atomic E-state index is 15.3. The van der Waals surface area contributed by atoms with Crippen molar-refractivity contribution in [3.8, 4) is 11.5 Å². The summed E-state index contributed by atoms with van der Waals surface area (Å²) < 4.78 is 32.9. The van der Waals surface area contributed by atoms with E-state index in [4.69, 9.17) is 37.4 Å². The third kappa shape index (κ3) is 8.59. The summed E-state index contributed by atoms with van der Waals surface area (Å²) in [7, 11) is 3.00. The molecule has 1 unspecified atom stereocenters. The van der Waals surface area contributed by atoms with Crippen LogP contribution in [0.5, 0.6) is 11.5 Å². The first kappa shape index (κ1) is 40.4. The van der Waals surface area contributed by atoms with Crippen molar-refractivity contribution in [3.05, 3.63) is 122 Å². The molecule has 5 heterocycles. The Bertz CT molecular complexity index is 2130. The van der Waals surface area contributed by atoms with E-state index in [0.29, 0.717) is 39.5 Å². The lowest BCUT2D eigenvalue weighted by Gasteiger charge is -2.44. The van der Waals surface area contributed by atoms with Crippen molar-refractivity contribution in [2.45, 2.75) is 49.2 Å². The number of carbonyl (C=O) groups excluding carboxylic acids is 2. The number of hydrogen-bond acceptors (Lipinski definition) is 9. The van der Waals surface area contributed by atoms with Crippen molar-refractivity contribution in [1.29, 1.82) is 0 Å². The molecule has 0 radical (unpaired) electrons. The number of carbonyl (C=O) groups is 3. The summed E-state index contributed by atoms with van der Waals surface area (Å²) in [6, 6.07) is 16.5. The number of ether oxygens (including phenoxy) is 3. The fraction of sp³-hybridized carbons (Fsp3) is 0.366. The van der Waals surface area contributed by atoms with Gasteiger partial charge in [-0.15, -0.1) is 11.8 Å². The number of methoxy groups -OCH3 is 2. The van der Waals surface area contributed by atoms with Crippen LogP contribution in [0.4, 0.5) is 14.9 Å². The number of piperidine rings is 3. The van der Waals surface area contributed by atoms with Crippen molar-refractivity contribution in [3.63, 3.8) is 0 Å². The maximum absolute atomic E-state index is 15.3. The number of aliphatic carboxylic acids is 1. The lowest BCUT2D eigenvalue weighted by Crippen LogP contribution is -2.53. The van der Waals surface area contributed by atoms with Gasteiger partial charge in [-0.05, 0) is 85.8 Å². The normalized spacial score (nSPS) is 21.8. The van der Waals surface area contributed by atoms with Crippen molar-refractivity contribution in [2.24, 2.45) is 5.92 Å². The largest absolute Gasteiger partial charge is 0.619 e. The van der Waals surface area contributed by atoms with Gasteiger partial charge in [0, 0.05) is 29.3 Å². The quantitative estimate of drug-likeness (QED) is 0.117. The van der Waals surface area contributed by atoms with Crippen LogP contribution in [0.25, 0.3) is 0 Å². The number of rotatable bonds is 12. The van der Waals surface area contributed by atoms with Crippen molar-refractivity contribution in [1.82, 2.24) is 9.80 Å². The fourth-order valence-electron chi connectivity index (χ4n) is 7.99. The van der Waals surface area contributed by atoms with E-state index in [-0.39, 0.29) is 52.0 Å². The molecular weight excluding hydrogens is 798 g/mol. The van der Waals surface area contributed by atoms with E-state index in [1.54, 1.807) is 48.5 Å². The molecule has 3 aromatic carbocycles. The van der Waals surface area contributed by atoms with Crippen molar-refractivity contribution < 1.29 is 42.8 Å². The molecule has 0 saturated carbocycles. The average Bonchev–Trinajstić information content (AvgIpc) is 3.65. The SMILES string of the molecule is COc1ccc([C@H](Cc2c(Cl)c[n+]([O-])cc2Cl)C2SC[C@@H](C(=O)O)N2C(=O)c2cccc(CN(C(=O)O[C@H]3CN4CCC3CC4)c3ccccc3F)c2)cc1OC. The Balaban J connectivity index is 1.22. The Morgan fingerprint density at radius 3 is 2.37 bits per heavy atom. The first-order chi connectivity index (χ1) is 27.4. The third-order valence-corrected chi connectivity index (χ3v) is 13.0. The van der Waals surface area contributed by atoms with E-state index in [0.717, 1.165) is 25.9 Å². The van der Waals surface area contributed by atoms with E-state index < -0.39 is 41.1 Å². The molecule has 8 rings (SSSR count). The average molecular weight is 840 g/mol. The van der Waals surface area contributed by atoms with Gasteiger partial charge in [0.15, 0.2) is 23.9 Å². The molecule has 1 N–H and O–H groups in total. The van der Waals surface area contributed by atoms with Crippen LogP contribution < -0.4 is 19.1 Å². The van der Waals surface area contributed by atoms with Gasteiger partial charge >= 0.3 is 12.1 Å². The molecule has 2 amide bonds. The first-order valence-electron chi connectivity index (χ1n) is 18.4. The number of pyridine rings is 1. The van der Waals surface area contributed by atoms with Crippen LogP contribution in [-0.2, 0) is 22.5 Å². The number of carboxylic acid groups (broad SMARTS) is 1. The number of para-hydroxylation sites is 1. The van der Waals surface area contributed by atoms with E-state index in [9.17, 15) is 24.7 Å². The lowest BCUT2D eigenvalue weighted by molar-refractivity contribution is -0.605. The highest BCUT2D eigenvalue weighted by Crippen LogP contribution is 2.45. The molecule has 4 aliphatic heterocycles. The fourth-order valence-corrected chi connectivity index (χ4v) is 10.2. The number of nitrogens with zero attached hydrogens (tertiary/aromatic N) is 4. The van der Waals surface area contributed by atoms with Gasteiger partial charge in [-0.25, -0.2) is 14.0 Å². The molecule has 4 saturated heterocycles. The van der Waals surface area contributed by atoms with Crippen LogP contribution in [0, 0.1) is 16.9 Å². The Morgan fingerprint density at radius 2 is 1.72 bits per heavy atom. The van der Waals surface area contributed by atoms with Gasteiger partial charge in [-0.2, -0.15) is 4.73 Å². The predicted molar refractivity (Wildman–Crippen MR) is 214 cm³/mol. The molecule has 57 heavy (non-hydrogen) atoms.